The minimum atomic E-state index is 1.29. The second-order valence-corrected chi connectivity index (χ2v) is 7.27. The van der Waals surface area contributed by atoms with Gasteiger partial charge in [-0.05, 0) is 59.7 Å². The van der Waals surface area contributed by atoms with Crippen molar-refractivity contribution in [3.8, 4) is 0 Å². The molecule has 0 aromatic heterocycles. The molecule has 0 bridgehead atoms. The lowest BCUT2D eigenvalue weighted by Crippen LogP contribution is -1.80. The SMILES string of the molecule is Cc1ccc2cc(Sc3ccc4cc(C)ccc4c3)ccc2c1. The Morgan fingerprint density at radius 1 is 0.478 bits per heavy atom. The molecule has 0 amide bonds. The first-order valence-corrected chi connectivity index (χ1v) is 8.68. The molecule has 4 rings (SSSR count). The Morgan fingerprint density at radius 3 is 1.35 bits per heavy atom. The van der Waals surface area contributed by atoms with E-state index in [1.54, 1.807) is 0 Å². The third kappa shape index (κ3) is 2.97. The fraction of sp³-hybridized carbons (Fsp3) is 0.0909. The van der Waals surface area contributed by atoms with Gasteiger partial charge >= 0.3 is 0 Å². The van der Waals surface area contributed by atoms with Gasteiger partial charge in [-0.15, -0.1) is 0 Å². The summed E-state index contributed by atoms with van der Waals surface area (Å²) in [5, 5.41) is 5.22. The highest BCUT2D eigenvalue weighted by Crippen LogP contribution is 2.32. The molecule has 1 heteroatoms. The minimum Gasteiger partial charge on any atom is -0.0901 e. The molecule has 0 fully saturated rings. The fourth-order valence-electron chi connectivity index (χ4n) is 2.95. The third-order valence-corrected chi connectivity index (χ3v) is 5.15. The van der Waals surface area contributed by atoms with Gasteiger partial charge in [-0.3, -0.25) is 0 Å². The first kappa shape index (κ1) is 14.3. The van der Waals surface area contributed by atoms with Crippen molar-refractivity contribution in [1.29, 1.82) is 0 Å². The molecule has 4 aromatic carbocycles. The van der Waals surface area contributed by atoms with Crippen LogP contribution in [0.3, 0.4) is 0 Å². The normalized spacial score (nSPS) is 11.2. The van der Waals surface area contributed by atoms with Crippen LogP contribution in [0.4, 0.5) is 0 Å². The van der Waals surface area contributed by atoms with E-state index in [0.717, 1.165) is 0 Å². The maximum absolute atomic E-state index is 2.28. The van der Waals surface area contributed by atoms with Gasteiger partial charge < -0.3 is 0 Å². The molecule has 0 N–H and O–H groups in total. The molecule has 112 valence electrons. The number of rotatable bonds is 2. The van der Waals surface area contributed by atoms with E-state index in [-0.39, 0.29) is 0 Å². The summed E-state index contributed by atoms with van der Waals surface area (Å²) < 4.78 is 0. The van der Waals surface area contributed by atoms with Gasteiger partial charge in [0.25, 0.3) is 0 Å². The Morgan fingerprint density at radius 2 is 0.870 bits per heavy atom. The van der Waals surface area contributed by atoms with Crippen molar-refractivity contribution in [2.45, 2.75) is 23.6 Å². The standard InChI is InChI=1S/C22H18S/c1-15-3-5-19-13-21(9-7-17(19)11-15)23-22-10-8-18-12-16(2)4-6-20(18)14-22/h3-14H,1-2H3. The van der Waals surface area contributed by atoms with E-state index < -0.39 is 0 Å². The van der Waals surface area contributed by atoms with Gasteiger partial charge in [-0.25, -0.2) is 0 Å². The topological polar surface area (TPSA) is 0 Å². The maximum atomic E-state index is 2.28. The Hall–Kier alpha value is -2.25. The zero-order chi connectivity index (χ0) is 15.8. The van der Waals surface area contributed by atoms with Gasteiger partial charge in [0.2, 0.25) is 0 Å². The summed E-state index contributed by atoms with van der Waals surface area (Å²) >= 11 is 1.83. The quantitative estimate of drug-likeness (QED) is 0.394. The highest BCUT2D eigenvalue weighted by Gasteiger charge is 2.02. The highest BCUT2D eigenvalue weighted by molar-refractivity contribution is 7.99. The molecule has 0 saturated heterocycles. The molecule has 0 atom stereocenters. The molecule has 0 saturated carbocycles. The Labute approximate surface area is 141 Å². The van der Waals surface area contributed by atoms with Gasteiger partial charge in [0.15, 0.2) is 0 Å². The summed E-state index contributed by atoms with van der Waals surface area (Å²) in [6.07, 6.45) is 0. The van der Waals surface area contributed by atoms with Gasteiger partial charge in [0.05, 0.1) is 0 Å². The van der Waals surface area contributed by atoms with E-state index in [2.05, 4.69) is 86.6 Å². The fourth-order valence-corrected chi connectivity index (χ4v) is 3.87. The Balaban J connectivity index is 1.69. The molecular formula is C22H18S. The maximum Gasteiger partial charge on any atom is 0.0128 e. The van der Waals surface area contributed by atoms with E-state index in [1.165, 1.54) is 42.5 Å². The van der Waals surface area contributed by atoms with Crippen molar-refractivity contribution in [3.63, 3.8) is 0 Å². The zero-order valence-electron chi connectivity index (χ0n) is 13.3. The first-order chi connectivity index (χ1) is 11.2. The highest BCUT2D eigenvalue weighted by atomic mass is 32.2. The van der Waals surface area contributed by atoms with Crippen LogP contribution in [0.25, 0.3) is 21.5 Å². The molecule has 0 aliphatic heterocycles. The van der Waals surface area contributed by atoms with Crippen LogP contribution in [0.15, 0.2) is 82.6 Å². The second-order valence-electron chi connectivity index (χ2n) is 6.13. The number of hydrogen-bond acceptors (Lipinski definition) is 1. The molecule has 0 nitrogen and oxygen atoms in total. The predicted molar refractivity (Wildman–Crippen MR) is 101 cm³/mol. The molecule has 0 aliphatic carbocycles. The van der Waals surface area contributed by atoms with Crippen LogP contribution in [-0.4, -0.2) is 0 Å². The molecule has 4 aromatic rings. The van der Waals surface area contributed by atoms with Crippen LogP contribution < -0.4 is 0 Å². The largest absolute Gasteiger partial charge is 0.0901 e. The molecule has 0 heterocycles. The Bertz CT molecular complexity index is 931. The van der Waals surface area contributed by atoms with E-state index in [4.69, 9.17) is 0 Å². The summed E-state index contributed by atoms with van der Waals surface area (Å²) in [4.78, 5) is 2.57. The summed E-state index contributed by atoms with van der Waals surface area (Å²) in [5.74, 6) is 0. The van der Waals surface area contributed by atoms with Crippen molar-refractivity contribution in [2.75, 3.05) is 0 Å². The Kier molecular flexibility index (Phi) is 3.59. The van der Waals surface area contributed by atoms with Crippen molar-refractivity contribution >= 4 is 33.3 Å². The lowest BCUT2D eigenvalue weighted by atomic mass is 10.1. The third-order valence-electron chi connectivity index (χ3n) is 4.17. The smallest absolute Gasteiger partial charge is 0.0128 e. The predicted octanol–water partition coefficient (Wildman–Crippen LogP) is 6.76. The van der Waals surface area contributed by atoms with Gasteiger partial charge in [0.1, 0.15) is 0 Å². The van der Waals surface area contributed by atoms with E-state index in [9.17, 15) is 0 Å². The number of fused-ring (bicyclic) bond motifs is 2. The molecule has 0 spiro atoms. The molecular weight excluding hydrogens is 296 g/mol. The molecule has 23 heavy (non-hydrogen) atoms. The summed E-state index contributed by atoms with van der Waals surface area (Å²) in [5.41, 5.74) is 2.62. The van der Waals surface area contributed by atoms with Crippen molar-refractivity contribution < 1.29 is 0 Å². The average molecular weight is 314 g/mol. The summed E-state index contributed by atoms with van der Waals surface area (Å²) in [7, 11) is 0. The van der Waals surface area contributed by atoms with Crippen molar-refractivity contribution in [2.24, 2.45) is 0 Å². The van der Waals surface area contributed by atoms with E-state index in [1.807, 2.05) is 11.8 Å². The number of benzene rings is 4. The number of hydrogen-bond donors (Lipinski definition) is 0. The zero-order valence-corrected chi connectivity index (χ0v) is 14.2. The van der Waals surface area contributed by atoms with Gasteiger partial charge in [0, 0.05) is 9.79 Å². The summed E-state index contributed by atoms with van der Waals surface area (Å²) in [6, 6.07) is 26.7. The monoisotopic (exact) mass is 314 g/mol. The minimum absolute atomic E-state index is 1.29. The second kappa shape index (κ2) is 5.75. The van der Waals surface area contributed by atoms with Crippen LogP contribution >= 0.6 is 11.8 Å². The van der Waals surface area contributed by atoms with Crippen LogP contribution in [0.2, 0.25) is 0 Å². The molecule has 0 unspecified atom stereocenters. The lowest BCUT2D eigenvalue weighted by Gasteiger charge is -2.06. The van der Waals surface area contributed by atoms with Crippen LogP contribution in [-0.2, 0) is 0 Å². The van der Waals surface area contributed by atoms with Crippen molar-refractivity contribution in [1.82, 2.24) is 0 Å². The average Bonchev–Trinajstić information content (AvgIpc) is 2.55. The van der Waals surface area contributed by atoms with Crippen LogP contribution in [0.5, 0.6) is 0 Å². The van der Waals surface area contributed by atoms with Crippen LogP contribution in [0, 0.1) is 13.8 Å². The van der Waals surface area contributed by atoms with E-state index in [0.29, 0.717) is 0 Å². The summed E-state index contributed by atoms with van der Waals surface area (Å²) in [6.45, 7) is 4.28. The van der Waals surface area contributed by atoms with Gasteiger partial charge in [-0.1, -0.05) is 71.4 Å². The number of aryl methyl sites for hydroxylation is 2. The lowest BCUT2D eigenvalue weighted by molar-refractivity contribution is 1.43. The first-order valence-electron chi connectivity index (χ1n) is 7.86. The van der Waals surface area contributed by atoms with Gasteiger partial charge in [-0.2, -0.15) is 0 Å². The molecule has 0 aliphatic rings. The molecule has 0 radical (unpaired) electrons. The van der Waals surface area contributed by atoms with Crippen molar-refractivity contribution in [3.05, 3.63) is 83.9 Å². The van der Waals surface area contributed by atoms with Crippen LogP contribution in [0.1, 0.15) is 11.1 Å². The van der Waals surface area contributed by atoms with E-state index >= 15 is 0 Å².